The summed E-state index contributed by atoms with van der Waals surface area (Å²) >= 11 is 0. The van der Waals surface area contributed by atoms with Crippen LogP contribution in [0.5, 0.6) is 5.75 Å². The van der Waals surface area contributed by atoms with Gasteiger partial charge in [-0.15, -0.1) is 0 Å². The second-order valence-electron chi connectivity index (χ2n) is 6.26. The van der Waals surface area contributed by atoms with E-state index in [1.807, 2.05) is 64.2 Å². The third-order valence-corrected chi connectivity index (χ3v) is 4.43. The van der Waals surface area contributed by atoms with E-state index in [1.165, 1.54) is 0 Å². The van der Waals surface area contributed by atoms with Crippen molar-refractivity contribution in [1.29, 1.82) is 0 Å². The van der Waals surface area contributed by atoms with Crippen LogP contribution in [0.15, 0.2) is 48.5 Å². The van der Waals surface area contributed by atoms with Gasteiger partial charge in [0.2, 0.25) is 0 Å². The maximum atomic E-state index is 12.4. The van der Waals surface area contributed by atoms with E-state index in [2.05, 4.69) is 22.3 Å². The summed E-state index contributed by atoms with van der Waals surface area (Å²) in [6.45, 7) is 7.35. The minimum absolute atomic E-state index is 0.0649. The molecule has 4 nitrogen and oxygen atoms in total. The number of amides is 1. The van der Waals surface area contributed by atoms with Gasteiger partial charge in [0.05, 0.1) is 0 Å². The zero-order chi connectivity index (χ0) is 18.2. The van der Waals surface area contributed by atoms with Gasteiger partial charge in [-0.05, 0) is 49.6 Å². The number of ether oxygens (including phenoxy) is 1. The molecule has 0 saturated heterocycles. The van der Waals surface area contributed by atoms with E-state index in [4.69, 9.17) is 4.74 Å². The summed E-state index contributed by atoms with van der Waals surface area (Å²) in [7, 11) is 2.02. The Hall–Kier alpha value is -2.49. The average molecular weight is 340 g/mol. The molecule has 1 unspecified atom stereocenters. The molecule has 0 fully saturated rings. The van der Waals surface area contributed by atoms with Crippen LogP contribution in [0, 0.1) is 13.8 Å². The van der Waals surface area contributed by atoms with Crippen LogP contribution in [0.4, 0.5) is 5.69 Å². The smallest absolute Gasteiger partial charge is 0.261 e. The van der Waals surface area contributed by atoms with E-state index in [0.717, 1.165) is 29.1 Å². The van der Waals surface area contributed by atoms with Gasteiger partial charge in [0.1, 0.15) is 5.75 Å². The van der Waals surface area contributed by atoms with Crippen molar-refractivity contribution in [3.8, 4) is 5.75 Å². The SMILES string of the molecule is CCC(Oc1cccc(C)c1C)C(=O)NCCN(C)c1ccccc1. The number of benzene rings is 2. The molecule has 0 radical (unpaired) electrons. The second-order valence-corrected chi connectivity index (χ2v) is 6.26. The van der Waals surface area contributed by atoms with E-state index < -0.39 is 6.10 Å². The van der Waals surface area contributed by atoms with Crippen LogP contribution >= 0.6 is 0 Å². The number of likely N-dealkylation sites (N-methyl/N-ethyl adjacent to an activating group) is 1. The fourth-order valence-corrected chi connectivity index (χ4v) is 2.60. The first-order chi connectivity index (χ1) is 12.0. The monoisotopic (exact) mass is 340 g/mol. The maximum absolute atomic E-state index is 12.4. The van der Waals surface area contributed by atoms with Crippen molar-refractivity contribution in [1.82, 2.24) is 5.32 Å². The van der Waals surface area contributed by atoms with Crippen LogP contribution in [0.2, 0.25) is 0 Å². The Morgan fingerprint density at radius 3 is 2.52 bits per heavy atom. The molecule has 2 rings (SSSR count). The fraction of sp³-hybridized carbons (Fsp3) is 0.381. The van der Waals surface area contributed by atoms with Gasteiger partial charge >= 0.3 is 0 Å². The Morgan fingerprint density at radius 1 is 1.12 bits per heavy atom. The first-order valence-corrected chi connectivity index (χ1v) is 8.79. The van der Waals surface area contributed by atoms with Crippen molar-refractivity contribution >= 4 is 11.6 Å². The van der Waals surface area contributed by atoms with Gasteiger partial charge in [0.15, 0.2) is 6.10 Å². The van der Waals surface area contributed by atoms with Crippen molar-refractivity contribution in [3.63, 3.8) is 0 Å². The van der Waals surface area contributed by atoms with Crippen molar-refractivity contribution in [2.45, 2.75) is 33.3 Å². The Labute approximate surface area is 150 Å². The number of carbonyl (C=O) groups is 1. The Kier molecular flexibility index (Phi) is 6.87. The lowest BCUT2D eigenvalue weighted by Crippen LogP contribution is -2.41. The summed E-state index contributed by atoms with van der Waals surface area (Å²) < 4.78 is 5.95. The molecule has 0 aromatic heterocycles. The minimum atomic E-state index is -0.470. The van der Waals surface area contributed by atoms with Crippen LogP contribution < -0.4 is 15.0 Å². The summed E-state index contributed by atoms with van der Waals surface area (Å²) in [4.78, 5) is 14.6. The number of nitrogens with one attached hydrogen (secondary N) is 1. The lowest BCUT2D eigenvalue weighted by atomic mass is 10.1. The molecule has 0 aliphatic heterocycles. The molecule has 0 spiro atoms. The molecule has 25 heavy (non-hydrogen) atoms. The van der Waals surface area contributed by atoms with Gasteiger partial charge < -0.3 is 15.0 Å². The molecular formula is C21H28N2O2. The average Bonchev–Trinajstić information content (AvgIpc) is 2.63. The van der Waals surface area contributed by atoms with Crippen molar-refractivity contribution in [3.05, 3.63) is 59.7 Å². The fourth-order valence-electron chi connectivity index (χ4n) is 2.60. The van der Waals surface area contributed by atoms with Gasteiger partial charge in [0, 0.05) is 25.8 Å². The number of hydrogen-bond donors (Lipinski definition) is 1. The van der Waals surface area contributed by atoms with E-state index >= 15 is 0 Å². The molecule has 1 N–H and O–H groups in total. The molecule has 0 heterocycles. The molecule has 1 atom stereocenters. The Bertz CT molecular complexity index is 686. The number of aryl methyl sites for hydroxylation is 1. The zero-order valence-corrected chi connectivity index (χ0v) is 15.6. The molecule has 4 heteroatoms. The first-order valence-electron chi connectivity index (χ1n) is 8.79. The predicted molar refractivity (Wildman–Crippen MR) is 103 cm³/mol. The van der Waals surface area contributed by atoms with E-state index in [0.29, 0.717) is 13.0 Å². The van der Waals surface area contributed by atoms with Crippen LogP contribution in [-0.2, 0) is 4.79 Å². The minimum Gasteiger partial charge on any atom is -0.480 e. The second kappa shape index (κ2) is 9.11. The number of rotatable bonds is 8. The summed E-state index contributed by atoms with van der Waals surface area (Å²) in [5, 5.41) is 2.98. The van der Waals surface area contributed by atoms with Gasteiger partial charge in [-0.25, -0.2) is 0 Å². The topological polar surface area (TPSA) is 41.6 Å². The molecule has 1 amide bonds. The number of para-hydroxylation sites is 1. The molecular weight excluding hydrogens is 312 g/mol. The predicted octanol–water partition coefficient (Wildman–Crippen LogP) is 3.71. The van der Waals surface area contributed by atoms with Crippen LogP contribution in [0.3, 0.4) is 0 Å². The number of anilines is 1. The first kappa shape index (κ1) is 18.8. The highest BCUT2D eigenvalue weighted by atomic mass is 16.5. The normalized spacial score (nSPS) is 11.7. The lowest BCUT2D eigenvalue weighted by molar-refractivity contribution is -0.128. The van der Waals surface area contributed by atoms with Crippen molar-refractivity contribution in [2.24, 2.45) is 0 Å². The van der Waals surface area contributed by atoms with Gasteiger partial charge in [-0.2, -0.15) is 0 Å². The molecule has 2 aromatic carbocycles. The lowest BCUT2D eigenvalue weighted by Gasteiger charge is -2.22. The van der Waals surface area contributed by atoms with Crippen molar-refractivity contribution in [2.75, 3.05) is 25.0 Å². The summed E-state index contributed by atoms with van der Waals surface area (Å²) in [6.07, 6.45) is 0.163. The van der Waals surface area contributed by atoms with Gasteiger partial charge in [-0.1, -0.05) is 37.3 Å². The largest absolute Gasteiger partial charge is 0.480 e. The van der Waals surface area contributed by atoms with Crippen LogP contribution in [0.25, 0.3) is 0 Å². The molecule has 0 saturated carbocycles. The highest BCUT2D eigenvalue weighted by Gasteiger charge is 2.19. The quantitative estimate of drug-likeness (QED) is 0.796. The van der Waals surface area contributed by atoms with E-state index in [9.17, 15) is 4.79 Å². The van der Waals surface area contributed by atoms with Crippen molar-refractivity contribution < 1.29 is 9.53 Å². The molecule has 0 aliphatic rings. The molecule has 0 aliphatic carbocycles. The number of hydrogen-bond acceptors (Lipinski definition) is 3. The van der Waals surface area contributed by atoms with Crippen LogP contribution in [0.1, 0.15) is 24.5 Å². The highest BCUT2D eigenvalue weighted by Crippen LogP contribution is 2.22. The molecule has 0 bridgehead atoms. The highest BCUT2D eigenvalue weighted by molar-refractivity contribution is 5.81. The molecule has 2 aromatic rings. The third-order valence-electron chi connectivity index (χ3n) is 4.43. The molecule has 134 valence electrons. The Morgan fingerprint density at radius 2 is 1.84 bits per heavy atom. The Balaban J connectivity index is 1.86. The standard InChI is InChI=1S/C21H28N2O2/c1-5-19(25-20-13-9-10-16(2)17(20)3)21(24)22-14-15-23(4)18-11-7-6-8-12-18/h6-13,19H,5,14-15H2,1-4H3,(H,22,24). The van der Waals surface area contributed by atoms with E-state index in [-0.39, 0.29) is 5.91 Å². The van der Waals surface area contributed by atoms with E-state index in [1.54, 1.807) is 0 Å². The summed E-state index contributed by atoms with van der Waals surface area (Å²) in [5.41, 5.74) is 3.38. The third kappa shape index (κ3) is 5.24. The van der Waals surface area contributed by atoms with Gasteiger partial charge in [0.25, 0.3) is 5.91 Å². The maximum Gasteiger partial charge on any atom is 0.261 e. The van der Waals surface area contributed by atoms with Crippen LogP contribution in [-0.4, -0.2) is 32.1 Å². The zero-order valence-electron chi connectivity index (χ0n) is 15.6. The number of nitrogens with zero attached hydrogens (tertiary/aromatic N) is 1. The van der Waals surface area contributed by atoms with Gasteiger partial charge in [-0.3, -0.25) is 4.79 Å². The summed E-state index contributed by atoms with van der Waals surface area (Å²) in [5.74, 6) is 0.716. The summed E-state index contributed by atoms with van der Waals surface area (Å²) in [6, 6.07) is 16.0. The number of carbonyl (C=O) groups excluding carboxylic acids is 1.